The monoisotopic (exact) mass is 512 g/mol. The minimum atomic E-state index is -0.848. The number of hydrogen-bond donors (Lipinski definition) is 2. The van der Waals surface area contributed by atoms with Gasteiger partial charge in [-0.15, -0.1) is 0 Å². The number of halogens is 4. The fraction of sp³-hybridized carbons (Fsp3) is 0.269. The van der Waals surface area contributed by atoms with Crippen LogP contribution in [0.4, 0.5) is 34.9 Å². The highest BCUT2D eigenvalue weighted by Crippen LogP contribution is 2.30. The Bertz CT molecular complexity index is 1550. The minimum absolute atomic E-state index is 0.0636. The van der Waals surface area contributed by atoms with Gasteiger partial charge in [-0.05, 0) is 26.0 Å². The number of hydrogen-bond acceptors (Lipinski definition) is 6. The Balaban J connectivity index is 1.53. The Hall–Kier alpha value is -3.99. The summed E-state index contributed by atoms with van der Waals surface area (Å²) in [5.74, 6) is -3.24. The van der Waals surface area contributed by atoms with Crippen LogP contribution in [-0.2, 0) is 0 Å². The van der Waals surface area contributed by atoms with E-state index < -0.39 is 28.7 Å². The van der Waals surface area contributed by atoms with Crippen molar-refractivity contribution >= 4 is 28.2 Å². The maximum atomic E-state index is 15.0. The Labute approximate surface area is 209 Å². The van der Waals surface area contributed by atoms with Crippen molar-refractivity contribution < 1.29 is 17.6 Å². The summed E-state index contributed by atoms with van der Waals surface area (Å²) < 4.78 is 61.2. The number of pyridine rings is 1. The number of piperazine rings is 1. The number of fused-ring (bicyclic) bond motifs is 1. The summed E-state index contributed by atoms with van der Waals surface area (Å²) in [6, 6.07) is 5.75. The van der Waals surface area contributed by atoms with Crippen molar-refractivity contribution in [2.75, 3.05) is 36.4 Å². The van der Waals surface area contributed by atoms with Crippen molar-refractivity contribution in [1.82, 2.24) is 19.9 Å². The Morgan fingerprint density at radius 1 is 0.973 bits per heavy atom. The van der Waals surface area contributed by atoms with Gasteiger partial charge in [0.15, 0.2) is 11.2 Å². The summed E-state index contributed by atoms with van der Waals surface area (Å²) in [7, 11) is 0. The van der Waals surface area contributed by atoms with Gasteiger partial charge in [0.25, 0.3) is 0 Å². The summed E-state index contributed by atoms with van der Waals surface area (Å²) in [5, 5.41) is 5.62. The zero-order valence-corrected chi connectivity index (χ0v) is 20.2. The van der Waals surface area contributed by atoms with Crippen molar-refractivity contribution in [2.45, 2.75) is 19.9 Å². The van der Waals surface area contributed by atoms with Crippen LogP contribution in [0.25, 0.3) is 22.2 Å². The standard InChI is InChI=1S/C26H24F4N6O/c1-14(2)36-6-3-23(37)24-18(29)9-15(10-22(24)36)25-19(30)13-32-26(34-25)33-20-11-17(28)21(12-16(20)27)35-7-4-31-5-8-35/h3,6,9-14,31H,4-5,7-8H2,1-2H3,(H,32,33,34). The molecule has 3 heterocycles. The average molecular weight is 513 g/mol. The van der Waals surface area contributed by atoms with Gasteiger partial charge < -0.3 is 20.1 Å². The van der Waals surface area contributed by atoms with E-state index in [1.54, 1.807) is 15.7 Å². The first-order chi connectivity index (χ1) is 17.7. The van der Waals surface area contributed by atoms with Gasteiger partial charge in [0.1, 0.15) is 23.1 Å². The van der Waals surface area contributed by atoms with E-state index in [0.29, 0.717) is 26.2 Å². The highest BCUT2D eigenvalue weighted by atomic mass is 19.1. The van der Waals surface area contributed by atoms with Crippen LogP contribution in [0.2, 0.25) is 0 Å². The van der Waals surface area contributed by atoms with Crippen LogP contribution in [0.3, 0.4) is 0 Å². The molecule has 4 aromatic rings. The Morgan fingerprint density at radius 3 is 2.46 bits per heavy atom. The lowest BCUT2D eigenvalue weighted by molar-refractivity contribution is 0.559. The van der Waals surface area contributed by atoms with Crippen molar-refractivity contribution in [3.05, 3.63) is 76.2 Å². The van der Waals surface area contributed by atoms with Gasteiger partial charge in [-0.2, -0.15) is 0 Å². The topological polar surface area (TPSA) is 75.1 Å². The lowest BCUT2D eigenvalue weighted by Crippen LogP contribution is -2.43. The molecule has 1 saturated heterocycles. The molecule has 0 spiro atoms. The molecule has 2 aromatic carbocycles. The van der Waals surface area contributed by atoms with Crippen LogP contribution < -0.4 is 21.0 Å². The van der Waals surface area contributed by atoms with Gasteiger partial charge in [-0.25, -0.2) is 27.5 Å². The van der Waals surface area contributed by atoms with E-state index >= 15 is 4.39 Å². The molecular formula is C26H24F4N6O. The molecule has 2 N–H and O–H groups in total. The van der Waals surface area contributed by atoms with E-state index in [9.17, 15) is 18.0 Å². The summed E-state index contributed by atoms with van der Waals surface area (Å²) in [4.78, 5) is 22.0. The predicted octanol–water partition coefficient (Wildman–Crippen LogP) is 4.75. The van der Waals surface area contributed by atoms with Gasteiger partial charge in [0.2, 0.25) is 5.95 Å². The molecular weight excluding hydrogens is 488 g/mol. The second kappa shape index (κ2) is 9.81. The second-order valence-corrected chi connectivity index (χ2v) is 9.07. The molecule has 1 aliphatic rings. The highest BCUT2D eigenvalue weighted by molar-refractivity contribution is 5.85. The number of nitrogens with one attached hydrogen (secondary N) is 2. The summed E-state index contributed by atoms with van der Waals surface area (Å²) in [5.41, 5.74) is -0.498. The van der Waals surface area contributed by atoms with Crippen molar-refractivity contribution in [1.29, 1.82) is 0 Å². The third-order valence-electron chi connectivity index (χ3n) is 6.30. The fourth-order valence-corrected chi connectivity index (χ4v) is 4.47. The van der Waals surface area contributed by atoms with Crippen LogP contribution in [0.1, 0.15) is 19.9 Å². The van der Waals surface area contributed by atoms with E-state index in [1.807, 2.05) is 13.8 Å². The van der Waals surface area contributed by atoms with Crippen molar-refractivity contribution in [2.24, 2.45) is 0 Å². The number of rotatable bonds is 5. The number of aromatic nitrogens is 3. The summed E-state index contributed by atoms with van der Waals surface area (Å²) in [6.07, 6.45) is 2.40. The van der Waals surface area contributed by atoms with Crippen LogP contribution in [0, 0.1) is 23.3 Å². The van der Waals surface area contributed by atoms with E-state index in [4.69, 9.17) is 0 Å². The number of anilines is 3. The highest BCUT2D eigenvalue weighted by Gasteiger charge is 2.20. The van der Waals surface area contributed by atoms with Gasteiger partial charge in [0.05, 0.1) is 28.5 Å². The molecule has 0 atom stereocenters. The molecule has 11 heteroatoms. The molecule has 0 radical (unpaired) electrons. The maximum Gasteiger partial charge on any atom is 0.228 e. The molecule has 0 saturated carbocycles. The van der Waals surface area contributed by atoms with Crippen LogP contribution in [-0.4, -0.2) is 40.7 Å². The second-order valence-electron chi connectivity index (χ2n) is 9.07. The molecule has 1 aliphatic heterocycles. The normalized spacial score (nSPS) is 14.0. The van der Waals surface area contributed by atoms with Crippen LogP contribution >= 0.6 is 0 Å². The van der Waals surface area contributed by atoms with E-state index in [1.165, 1.54) is 12.1 Å². The first-order valence-electron chi connectivity index (χ1n) is 11.8. The maximum absolute atomic E-state index is 15.0. The molecule has 0 amide bonds. The zero-order chi connectivity index (χ0) is 26.3. The SMILES string of the molecule is CC(C)n1ccc(=O)c2c(F)cc(-c3nc(Nc4cc(F)c(N5CCNCC5)cc4F)ncc3F)cc21. The number of nitrogens with zero attached hydrogens (tertiary/aromatic N) is 4. The lowest BCUT2D eigenvalue weighted by Gasteiger charge is -2.30. The molecule has 7 nitrogen and oxygen atoms in total. The van der Waals surface area contributed by atoms with Gasteiger partial charge in [-0.3, -0.25) is 4.79 Å². The van der Waals surface area contributed by atoms with Crippen molar-refractivity contribution in [3.63, 3.8) is 0 Å². The third kappa shape index (κ3) is 4.74. The van der Waals surface area contributed by atoms with E-state index in [2.05, 4.69) is 20.6 Å². The molecule has 192 valence electrons. The first-order valence-corrected chi connectivity index (χ1v) is 11.8. The molecule has 2 aromatic heterocycles. The lowest BCUT2D eigenvalue weighted by atomic mass is 10.1. The van der Waals surface area contributed by atoms with Crippen LogP contribution in [0.5, 0.6) is 0 Å². The summed E-state index contributed by atoms with van der Waals surface area (Å²) >= 11 is 0. The molecule has 5 rings (SSSR count). The Morgan fingerprint density at radius 2 is 1.73 bits per heavy atom. The fourth-order valence-electron chi connectivity index (χ4n) is 4.47. The smallest absolute Gasteiger partial charge is 0.228 e. The predicted molar refractivity (Wildman–Crippen MR) is 134 cm³/mol. The third-order valence-corrected chi connectivity index (χ3v) is 6.30. The van der Waals surface area contributed by atoms with Gasteiger partial charge in [-0.1, -0.05) is 0 Å². The molecule has 37 heavy (non-hydrogen) atoms. The van der Waals surface area contributed by atoms with E-state index in [0.717, 1.165) is 24.4 Å². The summed E-state index contributed by atoms with van der Waals surface area (Å²) in [6.45, 7) is 6.14. The zero-order valence-electron chi connectivity index (χ0n) is 20.2. The number of benzene rings is 2. The van der Waals surface area contributed by atoms with Gasteiger partial charge >= 0.3 is 0 Å². The minimum Gasteiger partial charge on any atom is -0.367 e. The van der Waals surface area contributed by atoms with Gasteiger partial charge in [0, 0.05) is 62.2 Å². The average Bonchev–Trinajstić information content (AvgIpc) is 2.87. The van der Waals surface area contributed by atoms with E-state index in [-0.39, 0.29) is 45.5 Å². The largest absolute Gasteiger partial charge is 0.367 e. The molecule has 0 aliphatic carbocycles. The molecule has 1 fully saturated rings. The quantitative estimate of drug-likeness (QED) is 0.376. The van der Waals surface area contributed by atoms with Crippen molar-refractivity contribution in [3.8, 4) is 11.3 Å². The first kappa shape index (κ1) is 24.7. The Kier molecular flexibility index (Phi) is 6.55. The van der Waals surface area contributed by atoms with Crippen LogP contribution in [0.15, 0.2) is 47.5 Å². The molecule has 0 unspecified atom stereocenters. The molecule has 0 bridgehead atoms.